The average molecular weight is 209 g/mol. The molecule has 1 fully saturated rings. The molecule has 1 saturated heterocycles. The van der Waals surface area contributed by atoms with Gasteiger partial charge in [0.2, 0.25) is 5.91 Å². The van der Waals surface area contributed by atoms with Crippen molar-refractivity contribution >= 4 is 5.91 Å². The Hall–Kier alpha value is -0.790. The van der Waals surface area contributed by atoms with E-state index >= 15 is 0 Å². The lowest BCUT2D eigenvalue weighted by Gasteiger charge is -2.18. The Kier molecular flexibility index (Phi) is 4.86. The highest BCUT2D eigenvalue weighted by Crippen LogP contribution is 2.20. The molecule has 1 aliphatic heterocycles. The van der Waals surface area contributed by atoms with Gasteiger partial charge in [-0.3, -0.25) is 4.79 Å². The SMILES string of the molecule is CCC1CCCN(C(=O)C=C(C)C)CC1. The molecule has 0 spiro atoms. The minimum Gasteiger partial charge on any atom is -0.339 e. The van der Waals surface area contributed by atoms with Crippen molar-refractivity contribution in [1.82, 2.24) is 4.90 Å². The molecule has 1 heterocycles. The van der Waals surface area contributed by atoms with Crippen LogP contribution >= 0.6 is 0 Å². The molecule has 0 bridgehead atoms. The number of carbonyl (C=O) groups is 1. The first-order valence-electron chi connectivity index (χ1n) is 6.07. The first-order chi connectivity index (χ1) is 7.13. The highest BCUT2D eigenvalue weighted by Gasteiger charge is 2.17. The van der Waals surface area contributed by atoms with Crippen molar-refractivity contribution in [3.8, 4) is 0 Å². The molecule has 2 nitrogen and oxygen atoms in total. The van der Waals surface area contributed by atoms with Crippen LogP contribution in [0.2, 0.25) is 0 Å². The molecular weight excluding hydrogens is 186 g/mol. The summed E-state index contributed by atoms with van der Waals surface area (Å²) in [4.78, 5) is 13.8. The van der Waals surface area contributed by atoms with Crippen molar-refractivity contribution in [3.05, 3.63) is 11.6 Å². The molecule has 0 saturated carbocycles. The fourth-order valence-electron chi connectivity index (χ4n) is 2.13. The number of nitrogens with zero attached hydrogens (tertiary/aromatic N) is 1. The van der Waals surface area contributed by atoms with Crippen LogP contribution < -0.4 is 0 Å². The summed E-state index contributed by atoms with van der Waals surface area (Å²) in [7, 11) is 0. The Balaban J connectivity index is 2.50. The highest BCUT2D eigenvalue weighted by molar-refractivity contribution is 5.88. The average Bonchev–Trinajstić information content (AvgIpc) is 2.41. The summed E-state index contributed by atoms with van der Waals surface area (Å²) in [5.74, 6) is 1.03. The summed E-state index contributed by atoms with van der Waals surface area (Å²) in [5.41, 5.74) is 1.09. The van der Waals surface area contributed by atoms with Gasteiger partial charge in [-0.1, -0.05) is 18.9 Å². The molecule has 2 heteroatoms. The molecule has 1 unspecified atom stereocenters. The van der Waals surface area contributed by atoms with Crippen LogP contribution in [0.1, 0.15) is 46.5 Å². The van der Waals surface area contributed by atoms with Crippen molar-refractivity contribution in [3.63, 3.8) is 0 Å². The Morgan fingerprint density at radius 1 is 1.33 bits per heavy atom. The number of likely N-dealkylation sites (tertiary alicyclic amines) is 1. The van der Waals surface area contributed by atoms with Gasteiger partial charge >= 0.3 is 0 Å². The van der Waals surface area contributed by atoms with E-state index < -0.39 is 0 Å². The van der Waals surface area contributed by atoms with Crippen LogP contribution in [0, 0.1) is 5.92 Å². The minimum absolute atomic E-state index is 0.201. The molecule has 0 aromatic heterocycles. The Labute approximate surface area is 93.3 Å². The Bertz CT molecular complexity index is 241. The van der Waals surface area contributed by atoms with Crippen LogP contribution in [-0.2, 0) is 4.79 Å². The number of rotatable bonds is 2. The summed E-state index contributed by atoms with van der Waals surface area (Å²) >= 11 is 0. The maximum Gasteiger partial charge on any atom is 0.246 e. The number of hydrogen-bond acceptors (Lipinski definition) is 1. The van der Waals surface area contributed by atoms with E-state index in [2.05, 4.69) is 6.92 Å². The lowest BCUT2D eigenvalue weighted by Crippen LogP contribution is -2.30. The van der Waals surface area contributed by atoms with E-state index in [-0.39, 0.29) is 5.91 Å². The fraction of sp³-hybridized carbons (Fsp3) is 0.769. The second kappa shape index (κ2) is 5.94. The number of carbonyl (C=O) groups excluding carboxylic acids is 1. The van der Waals surface area contributed by atoms with Crippen LogP contribution in [0.3, 0.4) is 0 Å². The summed E-state index contributed by atoms with van der Waals surface area (Å²) in [6.45, 7) is 8.09. The summed E-state index contributed by atoms with van der Waals surface area (Å²) in [6.07, 6.45) is 6.64. The molecule has 0 aromatic rings. The zero-order valence-corrected chi connectivity index (χ0v) is 10.3. The molecular formula is C13H23NO. The Morgan fingerprint density at radius 3 is 2.67 bits per heavy atom. The smallest absolute Gasteiger partial charge is 0.246 e. The van der Waals surface area contributed by atoms with Gasteiger partial charge in [-0.05, 0) is 39.0 Å². The van der Waals surface area contributed by atoms with Crippen LogP contribution in [0.25, 0.3) is 0 Å². The number of amides is 1. The van der Waals surface area contributed by atoms with Crippen molar-refractivity contribution in [2.45, 2.75) is 46.5 Å². The predicted octanol–water partition coefficient (Wildman–Crippen LogP) is 2.99. The molecule has 0 aliphatic carbocycles. The molecule has 15 heavy (non-hydrogen) atoms. The zero-order chi connectivity index (χ0) is 11.3. The lowest BCUT2D eigenvalue weighted by molar-refractivity contribution is -0.126. The third kappa shape index (κ3) is 4.06. The van der Waals surface area contributed by atoms with E-state index in [1.54, 1.807) is 6.08 Å². The first kappa shape index (κ1) is 12.3. The number of allylic oxidation sites excluding steroid dienone is 1. The van der Waals surface area contributed by atoms with E-state index in [1.807, 2.05) is 18.7 Å². The monoisotopic (exact) mass is 209 g/mol. The lowest BCUT2D eigenvalue weighted by atomic mass is 9.98. The molecule has 86 valence electrons. The third-order valence-corrected chi connectivity index (χ3v) is 3.15. The van der Waals surface area contributed by atoms with Gasteiger partial charge < -0.3 is 4.90 Å². The zero-order valence-electron chi connectivity index (χ0n) is 10.3. The van der Waals surface area contributed by atoms with Crippen molar-refractivity contribution < 1.29 is 4.79 Å². The van der Waals surface area contributed by atoms with E-state index in [4.69, 9.17) is 0 Å². The van der Waals surface area contributed by atoms with Gasteiger partial charge in [-0.25, -0.2) is 0 Å². The molecule has 1 aliphatic rings. The van der Waals surface area contributed by atoms with Crippen LogP contribution in [-0.4, -0.2) is 23.9 Å². The summed E-state index contributed by atoms with van der Waals surface area (Å²) in [5, 5.41) is 0. The largest absolute Gasteiger partial charge is 0.339 e. The maximum atomic E-state index is 11.8. The standard InChI is InChI=1S/C13H23NO/c1-4-12-6-5-8-14(9-7-12)13(15)10-11(2)3/h10,12H,4-9H2,1-3H3. The van der Waals surface area contributed by atoms with Gasteiger partial charge in [-0.2, -0.15) is 0 Å². The quantitative estimate of drug-likeness (QED) is 0.640. The second-order valence-corrected chi connectivity index (χ2v) is 4.75. The van der Waals surface area contributed by atoms with E-state index in [0.717, 1.165) is 24.6 Å². The summed E-state index contributed by atoms with van der Waals surface area (Å²) in [6, 6.07) is 0. The predicted molar refractivity (Wildman–Crippen MR) is 63.6 cm³/mol. The van der Waals surface area contributed by atoms with Gasteiger partial charge in [0, 0.05) is 19.2 Å². The minimum atomic E-state index is 0.201. The third-order valence-electron chi connectivity index (χ3n) is 3.15. The molecule has 0 N–H and O–H groups in total. The molecule has 0 radical (unpaired) electrons. The topological polar surface area (TPSA) is 20.3 Å². The van der Waals surface area contributed by atoms with Gasteiger partial charge in [-0.15, -0.1) is 0 Å². The first-order valence-corrected chi connectivity index (χ1v) is 6.07. The van der Waals surface area contributed by atoms with Crippen molar-refractivity contribution in [2.75, 3.05) is 13.1 Å². The van der Waals surface area contributed by atoms with Gasteiger partial charge in [0.25, 0.3) is 0 Å². The maximum absolute atomic E-state index is 11.8. The van der Waals surface area contributed by atoms with Gasteiger partial charge in [0.1, 0.15) is 0 Å². The normalized spacial score (nSPS) is 22.1. The van der Waals surface area contributed by atoms with Gasteiger partial charge in [0.15, 0.2) is 0 Å². The summed E-state index contributed by atoms with van der Waals surface area (Å²) < 4.78 is 0. The van der Waals surface area contributed by atoms with Crippen LogP contribution in [0.15, 0.2) is 11.6 Å². The number of hydrogen-bond donors (Lipinski definition) is 0. The van der Waals surface area contributed by atoms with Crippen LogP contribution in [0.5, 0.6) is 0 Å². The van der Waals surface area contributed by atoms with Crippen molar-refractivity contribution in [2.24, 2.45) is 5.92 Å². The van der Waals surface area contributed by atoms with Crippen LogP contribution in [0.4, 0.5) is 0 Å². The van der Waals surface area contributed by atoms with E-state index in [9.17, 15) is 4.79 Å². The van der Waals surface area contributed by atoms with Gasteiger partial charge in [0.05, 0.1) is 0 Å². The highest BCUT2D eigenvalue weighted by atomic mass is 16.2. The molecule has 1 rings (SSSR count). The fourth-order valence-corrected chi connectivity index (χ4v) is 2.13. The van der Waals surface area contributed by atoms with E-state index in [0.29, 0.717) is 0 Å². The van der Waals surface area contributed by atoms with Crippen molar-refractivity contribution in [1.29, 1.82) is 0 Å². The molecule has 0 aromatic carbocycles. The molecule has 1 atom stereocenters. The Morgan fingerprint density at radius 2 is 2.07 bits per heavy atom. The van der Waals surface area contributed by atoms with E-state index in [1.165, 1.54) is 25.7 Å². The molecule has 1 amide bonds. The second-order valence-electron chi connectivity index (χ2n) is 4.75.